The number of benzene rings is 2. The van der Waals surface area contributed by atoms with Gasteiger partial charge in [-0.25, -0.2) is 4.98 Å². The highest BCUT2D eigenvalue weighted by atomic mass is 32.1. The van der Waals surface area contributed by atoms with Gasteiger partial charge in [-0.3, -0.25) is 4.79 Å². The number of anilines is 2. The maximum absolute atomic E-state index is 12.8. The van der Waals surface area contributed by atoms with Gasteiger partial charge in [0.2, 0.25) is 0 Å². The maximum atomic E-state index is 12.8. The van der Waals surface area contributed by atoms with Gasteiger partial charge in [0.15, 0.2) is 5.13 Å². The number of rotatable bonds is 6. The van der Waals surface area contributed by atoms with Crippen LogP contribution in [0.4, 0.5) is 10.8 Å². The fourth-order valence-corrected chi connectivity index (χ4v) is 3.69. The number of carbonyl (C=O) groups is 1. The Bertz CT molecular complexity index is 907. The van der Waals surface area contributed by atoms with Gasteiger partial charge in [-0.05, 0) is 43.7 Å². The number of amides is 1. The molecule has 27 heavy (non-hydrogen) atoms. The zero-order valence-corrected chi connectivity index (χ0v) is 16.7. The first-order chi connectivity index (χ1) is 13.0. The highest BCUT2D eigenvalue weighted by Gasteiger charge is 2.20. The average Bonchev–Trinajstić information content (AvgIpc) is 3.10. The second-order valence-electron chi connectivity index (χ2n) is 6.27. The largest absolute Gasteiger partial charge is 0.497 e. The van der Waals surface area contributed by atoms with Crippen LogP contribution in [-0.2, 0) is 0 Å². The third-order valence-corrected chi connectivity index (χ3v) is 5.62. The molecule has 1 N–H and O–H groups in total. The molecule has 140 valence electrons. The molecule has 0 spiro atoms. The monoisotopic (exact) mass is 381 g/mol. The summed E-state index contributed by atoms with van der Waals surface area (Å²) >= 11 is 1.40. The fraction of sp³-hybridized carbons (Fsp3) is 0.238. The predicted molar refractivity (Wildman–Crippen MR) is 110 cm³/mol. The zero-order valence-electron chi connectivity index (χ0n) is 15.9. The number of methoxy groups -OCH3 is 1. The maximum Gasteiger partial charge on any atom is 0.263 e. The quantitative estimate of drug-likeness (QED) is 0.671. The summed E-state index contributed by atoms with van der Waals surface area (Å²) in [6, 6.07) is 17.6. The summed E-state index contributed by atoms with van der Waals surface area (Å²) in [6.45, 7) is 3.83. The molecular weight excluding hydrogens is 358 g/mol. The van der Waals surface area contributed by atoms with Crippen LogP contribution in [0.5, 0.6) is 5.75 Å². The predicted octanol–water partition coefficient (Wildman–Crippen LogP) is 4.72. The van der Waals surface area contributed by atoms with E-state index in [2.05, 4.69) is 10.3 Å². The zero-order chi connectivity index (χ0) is 19.4. The van der Waals surface area contributed by atoms with E-state index in [0.717, 1.165) is 27.8 Å². The van der Waals surface area contributed by atoms with Crippen LogP contribution in [0, 0.1) is 6.92 Å². The molecule has 3 aromatic rings. The van der Waals surface area contributed by atoms with Crippen LogP contribution in [0.25, 0.3) is 0 Å². The Labute approximate surface area is 163 Å². The Morgan fingerprint density at radius 2 is 1.81 bits per heavy atom. The Kier molecular flexibility index (Phi) is 5.76. The van der Waals surface area contributed by atoms with Crippen LogP contribution in [0.1, 0.15) is 33.9 Å². The van der Waals surface area contributed by atoms with E-state index in [4.69, 9.17) is 4.74 Å². The first-order valence-corrected chi connectivity index (χ1v) is 9.52. The summed E-state index contributed by atoms with van der Waals surface area (Å²) in [7, 11) is 3.59. The highest BCUT2D eigenvalue weighted by Crippen LogP contribution is 2.30. The summed E-state index contributed by atoms with van der Waals surface area (Å²) < 4.78 is 5.18. The van der Waals surface area contributed by atoms with E-state index in [0.29, 0.717) is 4.88 Å². The molecule has 2 aromatic carbocycles. The number of nitrogens with one attached hydrogen (secondary N) is 1. The number of nitrogens with zero attached hydrogens (tertiary/aromatic N) is 2. The second-order valence-corrected chi connectivity index (χ2v) is 7.25. The number of aryl methyl sites for hydroxylation is 1. The fourth-order valence-electron chi connectivity index (χ4n) is 2.74. The molecule has 0 bridgehead atoms. The van der Waals surface area contributed by atoms with E-state index in [1.165, 1.54) is 11.3 Å². The van der Waals surface area contributed by atoms with Gasteiger partial charge in [-0.15, -0.1) is 0 Å². The van der Waals surface area contributed by atoms with E-state index >= 15 is 0 Å². The number of aromatic nitrogens is 1. The van der Waals surface area contributed by atoms with Crippen molar-refractivity contribution in [1.82, 2.24) is 10.3 Å². The summed E-state index contributed by atoms with van der Waals surface area (Å²) in [4.78, 5) is 20.0. The van der Waals surface area contributed by atoms with Gasteiger partial charge in [0.1, 0.15) is 10.6 Å². The lowest BCUT2D eigenvalue weighted by Gasteiger charge is -2.15. The third kappa shape index (κ3) is 4.28. The summed E-state index contributed by atoms with van der Waals surface area (Å²) in [5.74, 6) is 0.685. The van der Waals surface area contributed by atoms with Crippen LogP contribution in [0.2, 0.25) is 0 Å². The molecule has 0 radical (unpaired) electrons. The SMILES string of the molecule is COc1ccc(C(C)NC(=O)c2sc(N(C)c3ccccc3)nc2C)cc1. The molecule has 0 aliphatic carbocycles. The molecule has 0 saturated carbocycles. The van der Waals surface area contributed by atoms with Crippen molar-refractivity contribution < 1.29 is 9.53 Å². The molecule has 5 nitrogen and oxygen atoms in total. The normalized spacial score (nSPS) is 11.7. The number of carbonyl (C=O) groups excluding carboxylic acids is 1. The standard InChI is InChI=1S/C21H23N3O2S/c1-14(16-10-12-18(26-4)13-11-16)22-20(25)19-15(2)23-21(27-19)24(3)17-8-6-5-7-9-17/h5-14H,1-4H3,(H,22,25). The van der Waals surface area contributed by atoms with Gasteiger partial charge >= 0.3 is 0 Å². The smallest absolute Gasteiger partial charge is 0.263 e. The van der Waals surface area contributed by atoms with Gasteiger partial charge in [0.25, 0.3) is 5.91 Å². The molecule has 1 aromatic heterocycles. The Morgan fingerprint density at radius 1 is 1.15 bits per heavy atom. The van der Waals surface area contributed by atoms with Crippen molar-refractivity contribution in [2.45, 2.75) is 19.9 Å². The topological polar surface area (TPSA) is 54.5 Å². The van der Waals surface area contributed by atoms with Gasteiger partial charge < -0.3 is 15.0 Å². The third-order valence-electron chi connectivity index (χ3n) is 4.39. The molecule has 0 fully saturated rings. The van der Waals surface area contributed by atoms with Gasteiger partial charge in [-0.2, -0.15) is 0 Å². The molecule has 1 atom stereocenters. The molecule has 1 unspecified atom stereocenters. The van der Waals surface area contributed by atoms with E-state index in [9.17, 15) is 4.79 Å². The van der Waals surface area contributed by atoms with E-state index in [1.807, 2.05) is 80.4 Å². The van der Waals surface area contributed by atoms with Crippen LogP contribution in [0.3, 0.4) is 0 Å². The molecule has 6 heteroatoms. The van der Waals surface area contributed by atoms with Crippen molar-refractivity contribution in [3.05, 3.63) is 70.7 Å². The Balaban J connectivity index is 1.74. The van der Waals surface area contributed by atoms with Gasteiger partial charge in [0.05, 0.1) is 18.8 Å². The van der Waals surface area contributed by atoms with Gasteiger partial charge in [-0.1, -0.05) is 41.7 Å². The van der Waals surface area contributed by atoms with Gasteiger partial charge in [0, 0.05) is 12.7 Å². The molecule has 0 saturated heterocycles. The molecule has 1 heterocycles. The summed E-state index contributed by atoms with van der Waals surface area (Å²) in [5.41, 5.74) is 2.79. The average molecular weight is 382 g/mol. The van der Waals surface area contributed by atoms with E-state index in [-0.39, 0.29) is 11.9 Å². The van der Waals surface area contributed by atoms with Crippen LogP contribution in [-0.4, -0.2) is 25.0 Å². The number of hydrogen-bond donors (Lipinski definition) is 1. The lowest BCUT2D eigenvalue weighted by Crippen LogP contribution is -2.26. The summed E-state index contributed by atoms with van der Waals surface area (Å²) in [5, 5.41) is 3.85. The first kappa shape index (κ1) is 18.9. The minimum absolute atomic E-state index is 0.110. The number of para-hydroxylation sites is 1. The van der Waals surface area contributed by atoms with E-state index in [1.54, 1.807) is 7.11 Å². The Morgan fingerprint density at radius 3 is 2.44 bits per heavy atom. The lowest BCUT2D eigenvalue weighted by atomic mass is 10.1. The molecule has 0 aliphatic heterocycles. The van der Waals surface area contributed by atoms with Crippen molar-refractivity contribution in [3.63, 3.8) is 0 Å². The van der Waals surface area contributed by atoms with E-state index < -0.39 is 0 Å². The van der Waals surface area contributed by atoms with Crippen LogP contribution >= 0.6 is 11.3 Å². The van der Waals surface area contributed by atoms with Crippen molar-refractivity contribution in [3.8, 4) is 5.75 Å². The van der Waals surface area contributed by atoms with Crippen molar-refractivity contribution in [2.75, 3.05) is 19.1 Å². The van der Waals surface area contributed by atoms with Crippen molar-refractivity contribution in [2.24, 2.45) is 0 Å². The number of thiazole rings is 1. The number of hydrogen-bond acceptors (Lipinski definition) is 5. The minimum Gasteiger partial charge on any atom is -0.497 e. The molecule has 3 rings (SSSR count). The first-order valence-electron chi connectivity index (χ1n) is 8.70. The molecular formula is C21H23N3O2S. The van der Waals surface area contributed by atoms with Crippen LogP contribution in [0.15, 0.2) is 54.6 Å². The van der Waals surface area contributed by atoms with Crippen molar-refractivity contribution in [1.29, 1.82) is 0 Å². The molecule has 1 amide bonds. The highest BCUT2D eigenvalue weighted by molar-refractivity contribution is 7.17. The lowest BCUT2D eigenvalue weighted by molar-refractivity contribution is 0.0943. The van der Waals surface area contributed by atoms with Crippen LogP contribution < -0.4 is 15.0 Å². The molecule has 0 aliphatic rings. The van der Waals surface area contributed by atoms with Crippen molar-refractivity contribution >= 4 is 28.1 Å². The minimum atomic E-state index is -0.111. The summed E-state index contributed by atoms with van der Waals surface area (Å²) in [6.07, 6.45) is 0. The second kappa shape index (κ2) is 8.22. The Hall–Kier alpha value is -2.86. The number of ether oxygens (including phenoxy) is 1.